The molecular formula is C22H33N3O2. The maximum absolute atomic E-state index is 12.9. The number of hydrogen-bond donors (Lipinski definition) is 1. The van der Waals surface area contributed by atoms with Crippen LogP contribution in [0.5, 0.6) is 0 Å². The number of hydrogen-bond acceptors (Lipinski definition) is 3. The quantitative estimate of drug-likeness (QED) is 0.834. The van der Waals surface area contributed by atoms with Crippen LogP contribution in [0.15, 0.2) is 24.3 Å². The Morgan fingerprint density at radius 2 is 2.00 bits per heavy atom. The van der Waals surface area contributed by atoms with Crippen LogP contribution in [0.1, 0.15) is 36.8 Å². The molecule has 2 aliphatic rings. The molecule has 2 fully saturated rings. The largest absolute Gasteiger partial charge is 0.349 e. The smallest absolute Gasteiger partial charge is 0.227 e. The Hall–Kier alpha value is -1.88. The minimum absolute atomic E-state index is 0.197. The van der Waals surface area contributed by atoms with E-state index < -0.39 is 0 Å². The lowest BCUT2D eigenvalue weighted by Crippen LogP contribution is -2.57. The lowest BCUT2D eigenvalue weighted by molar-refractivity contribution is -0.134. The zero-order chi connectivity index (χ0) is 19.4. The highest BCUT2D eigenvalue weighted by molar-refractivity contribution is 5.79. The lowest BCUT2D eigenvalue weighted by Gasteiger charge is -2.46. The summed E-state index contributed by atoms with van der Waals surface area (Å²) in [6.07, 6.45) is 4.23. The average molecular weight is 372 g/mol. The van der Waals surface area contributed by atoms with Gasteiger partial charge in [-0.15, -0.1) is 0 Å². The monoisotopic (exact) mass is 371 g/mol. The van der Waals surface area contributed by atoms with Crippen molar-refractivity contribution in [1.29, 1.82) is 0 Å². The maximum atomic E-state index is 12.9. The molecule has 27 heavy (non-hydrogen) atoms. The summed E-state index contributed by atoms with van der Waals surface area (Å²) in [6, 6.07) is 8.58. The van der Waals surface area contributed by atoms with Crippen molar-refractivity contribution in [2.45, 2.75) is 45.1 Å². The number of fused-ring (bicyclic) bond motifs is 2. The van der Waals surface area contributed by atoms with Crippen LogP contribution >= 0.6 is 0 Å². The Labute approximate surface area is 163 Å². The van der Waals surface area contributed by atoms with E-state index in [1.165, 1.54) is 12.0 Å². The minimum Gasteiger partial charge on any atom is -0.349 e. The van der Waals surface area contributed by atoms with Crippen molar-refractivity contribution < 1.29 is 9.59 Å². The van der Waals surface area contributed by atoms with Crippen LogP contribution in [-0.2, 0) is 16.0 Å². The van der Waals surface area contributed by atoms with E-state index in [4.69, 9.17) is 0 Å². The third-order valence-corrected chi connectivity index (χ3v) is 6.17. The fourth-order valence-corrected chi connectivity index (χ4v) is 4.49. The molecule has 1 aromatic rings. The number of nitrogens with zero attached hydrogens (tertiary/aromatic N) is 2. The molecule has 2 unspecified atom stereocenters. The summed E-state index contributed by atoms with van der Waals surface area (Å²) in [4.78, 5) is 28.4. The highest BCUT2D eigenvalue weighted by Gasteiger charge is 2.37. The number of amides is 2. The Morgan fingerprint density at radius 1 is 1.22 bits per heavy atom. The van der Waals surface area contributed by atoms with Gasteiger partial charge in [0.1, 0.15) is 0 Å². The molecule has 148 valence electrons. The number of piperidine rings is 2. The summed E-state index contributed by atoms with van der Waals surface area (Å²) in [7, 11) is 3.62. The summed E-state index contributed by atoms with van der Waals surface area (Å²) < 4.78 is 0. The van der Waals surface area contributed by atoms with Crippen LogP contribution in [0.3, 0.4) is 0 Å². The standard InChI is InChI=1S/C22H33N3O2/c1-16-7-4-5-8-18(16)12-22(27)25-14-17-11-19(15-25)20(23-13-17)9-6-10-21(26)24(2)3/h4-5,7-8,17,19-20,23H,6,9-15H2,1-3H3/t17?,19?,20-/m1/s1. The molecule has 5 nitrogen and oxygen atoms in total. The molecule has 2 bridgehead atoms. The molecule has 2 heterocycles. The topological polar surface area (TPSA) is 52.7 Å². The fourth-order valence-electron chi connectivity index (χ4n) is 4.49. The summed E-state index contributed by atoms with van der Waals surface area (Å²) in [5.74, 6) is 1.52. The first kappa shape index (κ1) is 19.9. The molecule has 0 spiro atoms. The number of rotatable bonds is 6. The van der Waals surface area contributed by atoms with Crippen LogP contribution < -0.4 is 5.32 Å². The fraction of sp³-hybridized carbons (Fsp3) is 0.636. The lowest BCUT2D eigenvalue weighted by atomic mass is 9.79. The van der Waals surface area contributed by atoms with E-state index in [-0.39, 0.29) is 11.8 Å². The summed E-state index contributed by atoms with van der Waals surface area (Å²) in [5, 5.41) is 3.68. The van der Waals surface area contributed by atoms with Gasteiger partial charge in [-0.2, -0.15) is 0 Å². The Balaban J connectivity index is 1.54. The molecule has 1 N–H and O–H groups in total. The molecule has 0 saturated carbocycles. The molecule has 2 aliphatic heterocycles. The number of benzene rings is 1. The van der Waals surface area contributed by atoms with Gasteiger partial charge in [0.15, 0.2) is 0 Å². The Kier molecular flexibility index (Phi) is 6.53. The number of likely N-dealkylation sites (tertiary alicyclic amines) is 1. The SMILES string of the molecule is Cc1ccccc1CC(=O)N1CC2CN[C@H](CCCC(=O)N(C)C)C(C2)C1. The zero-order valence-corrected chi connectivity index (χ0v) is 16.9. The van der Waals surface area contributed by atoms with Crippen molar-refractivity contribution >= 4 is 11.8 Å². The van der Waals surface area contributed by atoms with E-state index in [0.717, 1.165) is 38.0 Å². The first-order valence-corrected chi connectivity index (χ1v) is 10.2. The highest BCUT2D eigenvalue weighted by Crippen LogP contribution is 2.30. The first-order chi connectivity index (χ1) is 12.9. The molecule has 1 aromatic carbocycles. The second kappa shape index (κ2) is 8.87. The van der Waals surface area contributed by atoms with E-state index in [1.807, 2.05) is 26.2 Å². The predicted molar refractivity (Wildman–Crippen MR) is 107 cm³/mol. The van der Waals surface area contributed by atoms with Gasteiger partial charge in [-0.25, -0.2) is 0 Å². The van der Waals surface area contributed by atoms with Gasteiger partial charge in [0.05, 0.1) is 6.42 Å². The van der Waals surface area contributed by atoms with Crippen LogP contribution in [-0.4, -0.2) is 61.4 Å². The minimum atomic E-state index is 0.197. The van der Waals surface area contributed by atoms with E-state index in [0.29, 0.717) is 30.7 Å². The van der Waals surface area contributed by atoms with Crippen molar-refractivity contribution in [3.63, 3.8) is 0 Å². The second-order valence-corrected chi connectivity index (χ2v) is 8.46. The van der Waals surface area contributed by atoms with E-state index >= 15 is 0 Å². The van der Waals surface area contributed by atoms with Crippen molar-refractivity contribution in [3.8, 4) is 0 Å². The van der Waals surface area contributed by atoms with Gasteiger partial charge in [0, 0.05) is 39.6 Å². The highest BCUT2D eigenvalue weighted by atomic mass is 16.2. The van der Waals surface area contributed by atoms with Gasteiger partial charge in [-0.05, 0) is 55.7 Å². The molecular weight excluding hydrogens is 338 g/mol. The predicted octanol–water partition coefficient (Wildman–Crippen LogP) is 2.23. The number of carbonyl (C=O) groups is 2. The van der Waals surface area contributed by atoms with Crippen molar-refractivity contribution in [2.24, 2.45) is 11.8 Å². The third kappa shape index (κ3) is 5.10. The number of aryl methyl sites for hydroxylation is 1. The van der Waals surface area contributed by atoms with Crippen molar-refractivity contribution in [3.05, 3.63) is 35.4 Å². The Morgan fingerprint density at radius 3 is 2.74 bits per heavy atom. The summed E-state index contributed by atoms with van der Waals surface area (Å²) >= 11 is 0. The van der Waals surface area contributed by atoms with Crippen molar-refractivity contribution in [1.82, 2.24) is 15.1 Å². The molecule has 0 aromatic heterocycles. The van der Waals surface area contributed by atoms with Crippen LogP contribution in [0.4, 0.5) is 0 Å². The second-order valence-electron chi connectivity index (χ2n) is 8.46. The number of nitrogens with one attached hydrogen (secondary N) is 1. The van der Waals surface area contributed by atoms with Crippen LogP contribution in [0.25, 0.3) is 0 Å². The van der Waals surface area contributed by atoms with Gasteiger partial charge in [0.25, 0.3) is 0 Å². The van der Waals surface area contributed by atoms with E-state index in [2.05, 4.69) is 29.3 Å². The van der Waals surface area contributed by atoms with Gasteiger partial charge in [-0.1, -0.05) is 24.3 Å². The normalized spacial score (nSPS) is 24.6. The maximum Gasteiger partial charge on any atom is 0.227 e. The molecule has 0 radical (unpaired) electrons. The van der Waals surface area contributed by atoms with Gasteiger partial charge in [0.2, 0.25) is 11.8 Å². The van der Waals surface area contributed by atoms with E-state index in [1.54, 1.807) is 4.90 Å². The van der Waals surface area contributed by atoms with Gasteiger partial charge < -0.3 is 15.1 Å². The molecule has 2 amide bonds. The summed E-state index contributed by atoms with van der Waals surface area (Å²) in [6.45, 7) is 4.78. The van der Waals surface area contributed by atoms with Gasteiger partial charge in [-0.3, -0.25) is 9.59 Å². The number of carbonyl (C=O) groups excluding carboxylic acids is 2. The summed E-state index contributed by atoms with van der Waals surface area (Å²) in [5.41, 5.74) is 2.32. The third-order valence-electron chi connectivity index (χ3n) is 6.17. The molecule has 5 heteroatoms. The van der Waals surface area contributed by atoms with Crippen molar-refractivity contribution in [2.75, 3.05) is 33.7 Å². The first-order valence-electron chi connectivity index (χ1n) is 10.2. The van der Waals surface area contributed by atoms with E-state index in [9.17, 15) is 9.59 Å². The van der Waals surface area contributed by atoms with Gasteiger partial charge >= 0.3 is 0 Å². The molecule has 2 saturated heterocycles. The molecule has 3 atom stereocenters. The van der Waals surface area contributed by atoms with Crippen LogP contribution in [0.2, 0.25) is 0 Å². The molecule has 3 rings (SSSR count). The molecule has 0 aliphatic carbocycles. The Bertz CT molecular complexity index is 673. The van der Waals surface area contributed by atoms with Crippen LogP contribution in [0, 0.1) is 18.8 Å². The average Bonchev–Trinajstić information content (AvgIpc) is 2.65. The zero-order valence-electron chi connectivity index (χ0n) is 16.9.